The normalized spacial score (nSPS) is 10.9. The van der Waals surface area contributed by atoms with Crippen LogP contribution in [0, 0.1) is 29.1 Å². The number of aromatic nitrogens is 2. The van der Waals surface area contributed by atoms with Gasteiger partial charge in [-0.05, 0) is 0 Å². The number of halogens is 5. The third kappa shape index (κ3) is 2.99. The Bertz CT molecular complexity index is 735. The Labute approximate surface area is 118 Å². The van der Waals surface area contributed by atoms with Crippen molar-refractivity contribution < 1.29 is 22.0 Å². The summed E-state index contributed by atoms with van der Waals surface area (Å²) in [4.78, 5) is 17.0. The zero-order valence-electron chi connectivity index (χ0n) is 10.0. The molecule has 0 amide bonds. The average Bonchev–Trinajstić information content (AvgIpc) is 2.42. The highest BCUT2D eigenvalue weighted by atomic mass is 32.2. The number of H-pyrrole nitrogens is 1. The number of hydrogen-bond acceptors (Lipinski definition) is 4. The molecule has 2 rings (SSSR count). The number of rotatable bonds is 3. The van der Waals surface area contributed by atoms with Gasteiger partial charge in [0.25, 0.3) is 5.56 Å². The standard InChI is InChI=1S/C11H6F5N3OS/c12-6-3(7(13)9(15)10(16)8(6)14)2-21-11-18-4(17)1-5(20)19-11/h1H,2H2,(H3,17,18,19,20). The van der Waals surface area contributed by atoms with Crippen LogP contribution in [-0.2, 0) is 5.75 Å². The Morgan fingerprint density at radius 2 is 1.57 bits per heavy atom. The molecule has 0 spiro atoms. The van der Waals surface area contributed by atoms with Crippen molar-refractivity contribution in [2.75, 3.05) is 5.73 Å². The minimum Gasteiger partial charge on any atom is -0.383 e. The SMILES string of the molecule is Nc1cc(=O)[nH]c(SCc2c(F)c(F)c(F)c(F)c2F)n1. The van der Waals surface area contributed by atoms with Crippen molar-refractivity contribution in [3.05, 3.63) is 51.1 Å². The van der Waals surface area contributed by atoms with Crippen molar-refractivity contribution >= 4 is 17.6 Å². The number of nitrogens with two attached hydrogens (primary N) is 1. The first-order valence-electron chi connectivity index (χ1n) is 5.31. The fourth-order valence-corrected chi connectivity index (χ4v) is 2.32. The maximum Gasteiger partial charge on any atom is 0.253 e. The van der Waals surface area contributed by atoms with E-state index in [9.17, 15) is 26.7 Å². The van der Waals surface area contributed by atoms with Crippen LogP contribution in [0.5, 0.6) is 0 Å². The van der Waals surface area contributed by atoms with E-state index in [1.165, 1.54) is 0 Å². The van der Waals surface area contributed by atoms with Crippen LogP contribution < -0.4 is 11.3 Å². The van der Waals surface area contributed by atoms with E-state index in [4.69, 9.17) is 5.73 Å². The van der Waals surface area contributed by atoms with Gasteiger partial charge in [0, 0.05) is 17.4 Å². The summed E-state index contributed by atoms with van der Waals surface area (Å²) in [6.07, 6.45) is 0. The van der Waals surface area contributed by atoms with Gasteiger partial charge in [-0.1, -0.05) is 11.8 Å². The van der Waals surface area contributed by atoms with E-state index in [0.29, 0.717) is 11.8 Å². The quantitative estimate of drug-likeness (QED) is 0.299. The van der Waals surface area contributed by atoms with Gasteiger partial charge in [0.05, 0.1) is 0 Å². The monoisotopic (exact) mass is 323 g/mol. The summed E-state index contributed by atoms with van der Waals surface area (Å²) in [7, 11) is 0. The number of benzene rings is 1. The molecule has 112 valence electrons. The Morgan fingerprint density at radius 1 is 1.05 bits per heavy atom. The van der Waals surface area contributed by atoms with Crippen LogP contribution in [0.4, 0.5) is 27.8 Å². The topological polar surface area (TPSA) is 71.8 Å². The highest BCUT2D eigenvalue weighted by Gasteiger charge is 2.25. The number of hydrogen-bond donors (Lipinski definition) is 2. The first-order chi connectivity index (χ1) is 9.81. The summed E-state index contributed by atoms with van der Waals surface area (Å²) in [5, 5.41) is -0.107. The maximum atomic E-state index is 13.4. The smallest absolute Gasteiger partial charge is 0.253 e. The molecule has 0 fully saturated rings. The van der Waals surface area contributed by atoms with Crippen molar-refractivity contribution in [3.63, 3.8) is 0 Å². The van der Waals surface area contributed by atoms with Crippen molar-refractivity contribution in [3.8, 4) is 0 Å². The minimum absolute atomic E-state index is 0.107. The van der Waals surface area contributed by atoms with Crippen LogP contribution in [0.2, 0.25) is 0 Å². The molecule has 3 N–H and O–H groups in total. The third-order valence-corrected chi connectivity index (χ3v) is 3.29. The second kappa shape index (κ2) is 5.72. The molecule has 0 aliphatic heterocycles. The summed E-state index contributed by atoms with van der Waals surface area (Å²) in [6.45, 7) is 0. The molecule has 21 heavy (non-hydrogen) atoms. The van der Waals surface area contributed by atoms with E-state index in [-0.39, 0.29) is 11.0 Å². The number of nitrogen functional groups attached to an aromatic ring is 1. The van der Waals surface area contributed by atoms with E-state index in [1.54, 1.807) is 0 Å². The van der Waals surface area contributed by atoms with Crippen LogP contribution in [0.15, 0.2) is 16.0 Å². The minimum atomic E-state index is -2.23. The second-order valence-electron chi connectivity index (χ2n) is 3.81. The number of aromatic amines is 1. The summed E-state index contributed by atoms with van der Waals surface area (Å²) in [6, 6.07) is 0.975. The molecule has 0 unspecified atom stereocenters. The highest BCUT2D eigenvalue weighted by molar-refractivity contribution is 7.98. The van der Waals surface area contributed by atoms with Crippen LogP contribution in [0.1, 0.15) is 5.56 Å². The molecule has 0 aliphatic rings. The number of nitrogens with zero attached hydrogens (tertiary/aromatic N) is 1. The number of nitrogens with one attached hydrogen (secondary N) is 1. The van der Waals surface area contributed by atoms with E-state index in [2.05, 4.69) is 9.97 Å². The van der Waals surface area contributed by atoms with Crippen molar-refractivity contribution in [1.82, 2.24) is 9.97 Å². The predicted octanol–water partition coefficient (Wildman–Crippen LogP) is 2.34. The van der Waals surface area contributed by atoms with E-state index in [0.717, 1.165) is 6.07 Å². The van der Waals surface area contributed by atoms with Gasteiger partial charge < -0.3 is 10.7 Å². The lowest BCUT2D eigenvalue weighted by Gasteiger charge is -2.07. The van der Waals surface area contributed by atoms with Crippen LogP contribution in [0.25, 0.3) is 0 Å². The van der Waals surface area contributed by atoms with Crippen LogP contribution in [-0.4, -0.2) is 9.97 Å². The summed E-state index contributed by atoms with van der Waals surface area (Å²) in [5.74, 6) is -10.9. The van der Waals surface area contributed by atoms with E-state index in [1.807, 2.05) is 0 Å². The Balaban J connectivity index is 2.34. The Morgan fingerprint density at radius 3 is 2.10 bits per heavy atom. The maximum absolute atomic E-state index is 13.4. The number of thioether (sulfide) groups is 1. The molecule has 4 nitrogen and oxygen atoms in total. The van der Waals surface area contributed by atoms with Gasteiger partial charge >= 0.3 is 0 Å². The van der Waals surface area contributed by atoms with Gasteiger partial charge in [0.2, 0.25) is 5.82 Å². The summed E-state index contributed by atoms with van der Waals surface area (Å²) >= 11 is 0.571. The fraction of sp³-hybridized carbons (Fsp3) is 0.0909. The lowest BCUT2D eigenvalue weighted by Crippen LogP contribution is -2.10. The molecule has 2 aromatic rings. The largest absolute Gasteiger partial charge is 0.383 e. The van der Waals surface area contributed by atoms with Crippen molar-refractivity contribution in [2.45, 2.75) is 10.9 Å². The molecule has 1 heterocycles. The zero-order valence-corrected chi connectivity index (χ0v) is 10.8. The molecular weight excluding hydrogens is 317 g/mol. The average molecular weight is 323 g/mol. The Hall–Kier alpha value is -2.10. The molecule has 10 heteroatoms. The van der Waals surface area contributed by atoms with E-state index < -0.39 is 46.0 Å². The van der Waals surface area contributed by atoms with E-state index >= 15 is 0 Å². The van der Waals surface area contributed by atoms with Crippen molar-refractivity contribution in [2.24, 2.45) is 0 Å². The summed E-state index contributed by atoms with van der Waals surface area (Å²) < 4.78 is 65.7. The Kier molecular flexibility index (Phi) is 4.16. The lowest BCUT2D eigenvalue weighted by atomic mass is 10.2. The molecule has 1 aromatic heterocycles. The molecule has 0 radical (unpaired) electrons. The molecule has 1 aromatic carbocycles. The van der Waals surface area contributed by atoms with Gasteiger partial charge in [-0.25, -0.2) is 26.9 Å². The van der Waals surface area contributed by atoms with Crippen molar-refractivity contribution in [1.29, 1.82) is 0 Å². The first-order valence-corrected chi connectivity index (χ1v) is 6.29. The number of anilines is 1. The third-order valence-electron chi connectivity index (χ3n) is 2.39. The van der Waals surface area contributed by atoms with Gasteiger partial charge in [0.1, 0.15) is 5.82 Å². The molecule has 0 bridgehead atoms. The zero-order chi connectivity index (χ0) is 15.7. The first kappa shape index (κ1) is 15.3. The fourth-order valence-electron chi connectivity index (χ4n) is 1.44. The van der Waals surface area contributed by atoms with Crippen LogP contribution in [0.3, 0.4) is 0 Å². The molecule has 0 aliphatic carbocycles. The van der Waals surface area contributed by atoms with Crippen LogP contribution >= 0.6 is 11.8 Å². The molecule has 0 saturated heterocycles. The van der Waals surface area contributed by atoms with Gasteiger partial charge in [-0.15, -0.1) is 0 Å². The molecular formula is C11H6F5N3OS. The lowest BCUT2D eigenvalue weighted by molar-refractivity contribution is 0.372. The molecule has 0 atom stereocenters. The van der Waals surface area contributed by atoms with Gasteiger partial charge in [0.15, 0.2) is 28.4 Å². The highest BCUT2D eigenvalue weighted by Crippen LogP contribution is 2.28. The van der Waals surface area contributed by atoms with Gasteiger partial charge in [-0.2, -0.15) is 0 Å². The van der Waals surface area contributed by atoms with Gasteiger partial charge in [-0.3, -0.25) is 4.79 Å². The molecule has 0 saturated carbocycles. The predicted molar refractivity (Wildman–Crippen MR) is 65.1 cm³/mol. The second-order valence-corrected chi connectivity index (χ2v) is 4.78. The summed E-state index contributed by atoms with van der Waals surface area (Å²) in [5.41, 5.74) is 3.67.